The number of halogens is 3. The summed E-state index contributed by atoms with van der Waals surface area (Å²) in [5.74, 6) is -4.27. The van der Waals surface area contributed by atoms with Crippen LogP contribution in [0.4, 0.5) is 13.2 Å². The van der Waals surface area contributed by atoms with E-state index in [2.05, 4.69) is 14.8 Å². The van der Waals surface area contributed by atoms with Crippen LogP contribution in [-0.4, -0.2) is 57.3 Å². The van der Waals surface area contributed by atoms with Crippen LogP contribution >= 0.6 is 11.8 Å². The van der Waals surface area contributed by atoms with Gasteiger partial charge in [-0.2, -0.15) is 13.2 Å². The second-order valence-corrected chi connectivity index (χ2v) is 5.90. The molecule has 0 aromatic rings. The Morgan fingerprint density at radius 2 is 2.21 bits per heavy atom. The highest BCUT2D eigenvalue weighted by Gasteiger charge is 2.77. The number of azide groups is 1. The summed E-state index contributed by atoms with van der Waals surface area (Å²) in [5.41, 5.74) is 4.34. The number of alkyl halides is 3. The molecule has 0 aromatic carbocycles. The number of nitrogens with zero attached hydrogens (tertiary/aromatic N) is 4. The van der Waals surface area contributed by atoms with Crippen LogP contribution in [0.5, 0.6) is 0 Å². The minimum Gasteiger partial charge on any atom is -0.477 e. The predicted octanol–water partition coefficient (Wildman–Crippen LogP) is 1.41. The predicted molar refractivity (Wildman–Crippen MR) is 72.3 cm³/mol. The molecule has 0 aromatic heterocycles. The molecule has 2 atom stereocenters. The Balaban J connectivity index is 2.47. The van der Waals surface area contributed by atoms with Crippen molar-refractivity contribution in [2.45, 2.75) is 24.0 Å². The maximum absolute atomic E-state index is 13.3. The van der Waals surface area contributed by atoms with Gasteiger partial charge in [-0.25, -0.2) is 4.79 Å². The van der Waals surface area contributed by atoms with Crippen LogP contribution in [-0.2, 0) is 19.1 Å². The minimum absolute atomic E-state index is 0.0241. The number of carboxylic acids is 1. The first kappa shape index (κ1) is 17.9. The molecule has 0 saturated carbocycles. The van der Waals surface area contributed by atoms with E-state index in [0.29, 0.717) is 16.7 Å². The topological polar surface area (TPSA) is 133 Å². The van der Waals surface area contributed by atoms with Crippen molar-refractivity contribution in [2.75, 3.05) is 12.4 Å². The molecule has 24 heavy (non-hydrogen) atoms. The summed E-state index contributed by atoms with van der Waals surface area (Å²) in [6.07, 6.45) is -5.18. The highest BCUT2D eigenvalue weighted by Crippen LogP contribution is 2.55. The van der Waals surface area contributed by atoms with Gasteiger partial charge in [0.2, 0.25) is 0 Å². The second-order valence-electron chi connectivity index (χ2n) is 4.83. The van der Waals surface area contributed by atoms with E-state index in [1.54, 1.807) is 0 Å². The van der Waals surface area contributed by atoms with E-state index >= 15 is 0 Å². The van der Waals surface area contributed by atoms with E-state index < -0.39 is 47.2 Å². The third kappa shape index (κ3) is 2.45. The summed E-state index contributed by atoms with van der Waals surface area (Å²) >= 11 is 0.579. The number of thioether (sulfide) groups is 1. The van der Waals surface area contributed by atoms with Gasteiger partial charge in [0.25, 0.3) is 11.4 Å². The Morgan fingerprint density at radius 3 is 2.67 bits per heavy atom. The average molecular weight is 366 g/mol. The number of β-lactam (4-membered cyclic amide) rings is 1. The first-order chi connectivity index (χ1) is 11.1. The van der Waals surface area contributed by atoms with Gasteiger partial charge in [0.1, 0.15) is 17.7 Å². The molecule has 2 rings (SSSR count). The van der Waals surface area contributed by atoms with Gasteiger partial charge in [0, 0.05) is 23.2 Å². The number of rotatable bonds is 4. The third-order valence-corrected chi connectivity index (χ3v) is 4.80. The Bertz CT molecular complexity index is 702. The molecule has 0 spiro atoms. The van der Waals surface area contributed by atoms with E-state index in [1.807, 2.05) is 0 Å². The van der Waals surface area contributed by atoms with E-state index in [-0.39, 0.29) is 11.3 Å². The van der Waals surface area contributed by atoms with Crippen LogP contribution in [0.2, 0.25) is 0 Å². The molecule has 1 saturated heterocycles. The van der Waals surface area contributed by atoms with Crippen LogP contribution in [0.3, 0.4) is 0 Å². The fourth-order valence-electron chi connectivity index (χ4n) is 2.38. The lowest BCUT2D eigenvalue weighted by atomic mass is 9.86. The summed E-state index contributed by atoms with van der Waals surface area (Å²) in [4.78, 5) is 36.8. The molecule has 9 nitrogen and oxygen atoms in total. The van der Waals surface area contributed by atoms with Crippen LogP contribution < -0.4 is 0 Å². The highest BCUT2D eigenvalue weighted by atomic mass is 32.2. The zero-order chi connectivity index (χ0) is 18.3. The number of carbonyl (C=O) groups excluding carboxylic acids is 2. The normalized spacial score (nSPS) is 26.2. The molecule has 1 fully saturated rings. The molecule has 0 bridgehead atoms. The van der Waals surface area contributed by atoms with Crippen LogP contribution in [0.15, 0.2) is 16.4 Å². The number of carboxylic acid groups (broad SMARTS) is 1. The number of hydrogen-bond donors (Lipinski definition) is 1. The summed E-state index contributed by atoms with van der Waals surface area (Å²) in [5, 5.41) is 10.1. The number of aliphatic carboxylic acids is 1. The SMILES string of the molecule is CC(=O)OCC1=C(C(=O)O)N2C(=O)C(N=[N+]=[N-])(C(F)(F)F)[C@H]2SC1. The Hall–Kier alpha value is -2.40. The zero-order valence-electron chi connectivity index (χ0n) is 11.9. The molecule has 130 valence electrons. The molecule has 2 aliphatic rings. The van der Waals surface area contributed by atoms with Gasteiger partial charge in [-0.3, -0.25) is 14.5 Å². The van der Waals surface area contributed by atoms with Crippen molar-refractivity contribution in [3.8, 4) is 0 Å². The van der Waals surface area contributed by atoms with Gasteiger partial charge in [-0.15, -0.1) is 11.8 Å². The number of amides is 1. The number of ether oxygens (including phenoxy) is 1. The minimum atomic E-state index is -5.18. The van der Waals surface area contributed by atoms with Crippen molar-refractivity contribution in [1.82, 2.24) is 4.90 Å². The van der Waals surface area contributed by atoms with E-state index in [4.69, 9.17) is 5.53 Å². The molecule has 2 heterocycles. The van der Waals surface area contributed by atoms with Gasteiger partial charge in [-0.05, 0) is 5.53 Å². The van der Waals surface area contributed by atoms with Gasteiger partial charge in [-0.1, -0.05) is 5.11 Å². The fraction of sp³-hybridized carbons (Fsp3) is 0.545. The Morgan fingerprint density at radius 1 is 1.58 bits per heavy atom. The smallest absolute Gasteiger partial charge is 0.412 e. The van der Waals surface area contributed by atoms with Crippen molar-refractivity contribution in [1.29, 1.82) is 0 Å². The largest absolute Gasteiger partial charge is 0.477 e. The first-order valence-corrected chi connectivity index (χ1v) is 7.29. The Kier molecular flexibility index (Phi) is 4.42. The average Bonchev–Trinajstić information content (AvgIpc) is 2.47. The summed E-state index contributed by atoms with van der Waals surface area (Å²) in [6.45, 7) is 0.603. The highest BCUT2D eigenvalue weighted by molar-refractivity contribution is 8.00. The number of fused-ring (bicyclic) bond motifs is 1. The maximum Gasteiger partial charge on any atom is 0.412 e. The lowest BCUT2D eigenvalue weighted by molar-refractivity contribution is -0.223. The molecule has 0 aliphatic carbocycles. The molecule has 2 aliphatic heterocycles. The van der Waals surface area contributed by atoms with Crippen molar-refractivity contribution in [3.05, 3.63) is 21.7 Å². The molecule has 1 N–H and O–H groups in total. The molecule has 13 heteroatoms. The first-order valence-electron chi connectivity index (χ1n) is 6.24. The lowest BCUT2D eigenvalue weighted by Crippen LogP contribution is -2.78. The van der Waals surface area contributed by atoms with Crippen molar-refractivity contribution >= 4 is 29.6 Å². The molecule has 1 unspecified atom stereocenters. The molecule has 0 radical (unpaired) electrons. The standard InChI is InChI=1S/C11H9F3N4O5S/c1-4(19)23-2-5-3-24-9-10(16-17-15,11(12,13)14)8(22)18(9)6(5)7(20)21/h9H,2-3H2,1H3,(H,20,21)/t9-,10?/m1/s1. The summed E-state index contributed by atoms with van der Waals surface area (Å²) < 4.78 is 44.5. The molecule has 1 amide bonds. The van der Waals surface area contributed by atoms with Crippen LogP contribution in [0.1, 0.15) is 6.92 Å². The van der Waals surface area contributed by atoms with E-state index in [1.165, 1.54) is 0 Å². The van der Waals surface area contributed by atoms with Crippen molar-refractivity contribution in [2.24, 2.45) is 5.11 Å². The number of hydrogen-bond acceptors (Lipinski definition) is 6. The fourth-order valence-corrected chi connectivity index (χ4v) is 3.83. The van der Waals surface area contributed by atoms with Gasteiger partial charge < -0.3 is 9.84 Å². The third-order valence-electron chi connectivity index (χ3n) is 3.41. The van der Waals surface area contributed by atoms with Gasteiger partial charge in [0.15, 0.2) is 0 Å². The maximum atomic E-state index is 13.3. The number of esters is 1. The quantitative estimate of drug-likeness (QED) is 0.263. The lowest BCUT2D eigenvalue weighted by Gasteiger charge is -2.55. The van der Waals surface area contributed by atoms with Gasteiger partial charge >= 0.3 is 18.1 Å². The van der Waals surface area contributed by atoms with Crippen LogP contribution in [0.25, 0.3) is 10.4 Å². The summed E-state index contributed by atoms with van der Waals surface area (Å²) in [7, 11) is 0. The zero-order valence-corrected chi connectivity index (χ0v) is 12.7. The molecular weight excluding hydrogens is 357 g/mol. The van der Waals surface area contributed by atoms with E-state index in [0.717, 1.165) is 6.92 Å². The van der Waals surface area contributed by atoms with Crippen LogP contribution in [0, 0.1) is 0 Å². The summed E-state index contributed by atoms with van der Waals surface area (Å²) in [6, 6.07) is 0. The van der Waals surface area contributed by atoms with E-state index in [9.17, 15) is 32.7 Å². The Labute approximate surface area is 136 Å². The van der Waals surface area contributed by atoms with Crippen molar-refractivity contribution in [3.63, 3.8) is 0 Å². The second kappa shape index (κ2) is 5.91. The number of carbonyl (C=O) groups is 3. The monoisotopic (exact) mass is 366 g/mol. The van der Waals surface area contributed by atoms with Gasteiger partial charge in [0.05, 0.1) is 0 Å². The van der Waals surface area contributed by atoms with Crippen molar-refractivity contribution < 1.29 is 37.4 Å². The molecular formula is C11H9F3N4O5S.